The zero-order valence-corrected chi connectivity index (χ0v) is 49.6. The summed E-state index contributed by atoms with van der Waals surface area (Å²) in [6, 6.07) is 42.4. The molecule has 1 aliphatic heterocycles. The summed E-state index contributed by atoms with van der Waals surface area (Å²) in [5, 5.41) is 3.86. The monoisotopic (exact) mass is 1430 g/mol. The summed E-state index contributed by atoms with van der Waals surface area (Å²) in [6.45, 7) is 0. The normalized spacial score (nSPS) is 11.6. The molecular formula is C52H44Br8F4N4. The molecule has 8 bridgehead atoms. The first-order valence-corrected chi connectivity index (χ1v) is 26.8. The van der Waals surface area contributed by atoms with Crippen molar-refractivity contribution in [3.05, 3.63) is 224 Å². The minimum atomic E-state index is 0.500. The van der Waals surface area contributed by atoms with E-state index in [1.54, 1.807) is 0 Å². The van der Waals surface area contributed by atoms with Gasteiger partial charge in [0.25, 0.3) is 0 Å². The lowest BCUT2D eigenvalue weighted by atomic mass is 10.0. The molecule has 0 saturated heterocycles. The van der Waals surface area contributed by atoms with Gasteiger partial charge in [0.2, 0.25) is 0 Å². The summed E-state index contributed by atoms with van der Waals surface area (Å²) >= 11 is 32.8. The molecule has 68 heavy (non-hydrogen) atoms. The third-order valence-electron chi connectivity index (χ3n) is 10.8. The summed E-state index contributed by atoms with van der Waals surface area (Å²) in [5.74, 6) is 0. The Morgan fingerprint density at radius 3 is 0.618 bits per heavy atom. The highest BCUT2D eigenvalue weighted by molar-refractivity contribution is 9.14. The molecule has 1 aliphatic rings. The molecule has 9 rings (SSSR count). The molecule has 0 atom stereocenters. The number of nitrogens with one attached hydrogen (secondary N) is 4. The average Bonchev–Trinajstić information content (AvgIpc) is 4.07. The quantitative estimate of drug-likeness (QED) is 0.110. The Balaban J connectivity index is 0.00000103. The lowest BCUT2D eigenvalue weighted by Gasteiger charge is -2.10. The van der Waals surface area contributed by atoms with E-state index in [0.29, 0.717) is 54.4 Å². The molecule has 5 heterocycles. The van der Waals surface area contributed by atoms with Crippen LogP contribution in [0.25, 0.3) is 22.3 Å². The molecule has 4 N–H and O–H groups in total. The van der Waals surface area contributed by atoms with Crippen LogP contribution in [0.4, 0.5) is 17.6 Å². The van der Waals surface area contributed by atoms with Gasteiger partial charge in [-0.3, -0.25) is 17.6 Å². The van der Waals surface area contributed by atoms with Crippen LogP contribution >= 0.6 is 127 Å². The Labute approximate surface area is 460 Å². The van der Waals surface area contributed by atoms with Crippen molar-refractivity contribution in [3.63, 3.8) is 0 Å². The number of aromatic nitrogens is 4. The highest BCUT2D eigenvalue weighted by Gasteiger charge is 2.27. The van der Waals surface area contributed by atoms with Gasteiger partial charge in [0, 0.05) is 48.0 Å². The molecule has 0 unspecified atom stereocenters. The van der Waals surface area contributed by atoms with E-state index < -0.39 is 0 Å². The molecule has 4 nitrogen and oxygen atoms in total. The van der Waals surface area contributed by atoms with E-state index in [1.807, 2.05) is 0 Å². The van der Waals surface area contributed by atoms with Gasteiger partial charge < -0.3 is 19.9 Å². The molecule has 16 heteroatoms. The standard InChI is InChI=1S/C48H32Br8N4.4CH3F/c49-33-35(51)43-30(22-26-15-7-2-8-16-26)45-37(53)39(55)47(59-45)32(24-28-19-11-4-12-20-28)48-40(56)38(54)46(60-48)31(23-27-17-9-3-10-18-27)44-36(52)34(50)42(58-44)29(41(33)57-43)21-25-13-5-1-6-14-25;4*1-2/h1-20,57-60H,21-24H2;4*1H3. The highest BCUT2D eigenvalue weighted by Crippen LogP contribution is 2.41. The smallest absolute Gasteiger partial charge is 0.0785 e. The molecule has 4 aromatic carbocycles. The number of alkyl halides is 4. The molecule has 0 radical (unpaired) electrons. The second kappa shape index (κ2) is 27.0. The molecule has 0 amide bonds. The van der Waals surface area contributed by atoms with Crippen LogP contribution in [-0.2, 0) is 25.7 Å². The summed E-state index contributed by atoms with van der Waals surface area (Å²) in [5.41, 5.74) is 12.9. The van der Waals surface area contributed by atoms with Gasteiger partial charge in [-0.15, -0.1) is 0 Å². The maximum atomic E-state index is 9.50. The van der Waals surface area contributed by atoms with Crippen LogP contribution in [0.15, 0.2) is 157 Å². The average molecular weight is 1440 g/mol. The maximum absolute atomic E-state index is 9.50. The number of hydrogen-bond acceptors (Lipinski definition) is 0. The van der Waals surface area contributed by atoms with Crippen molar-refractivity contribution in [3.8, 4) is 0 Å². The summed E-state index contributed by atoms with van der Waals surface area (Å²) in [7, 11) is 2.00. The number of hydrogen-bond donors (Lipinski definition) is 4. The first-order chi connectivity index (χ1) is 33.1. The van der Waals surface area contributed by atoms with E-state index in [0.717, 1.165) is 102 Å². The van der Waals surface area contributed by atoms with E-state index >= 15 is 0 Å². The minimum absolute atomic E-state index is 0.500. The van der Waals surface area contributed by atoms with Gasteiger partial charge in [-0.05, 0) is 150 Å². The zero-order valence-electron chi connectivity index (χ0n) is 36.9. The molecule has 0 spiro atoms. The Bertz CT molecular complexity index is 2770. The number of fused-ring (bicyclic) bond motifs is 8. The Hall–Kier alpha value is -2.96. The van der Waals surface area contributed by atoms with E-state index in [4.69, 9.17) is 0 Å². The summed E-state index contributed by atoms with van der Waals surface area (Å²) < 4.78 is 45.5. The Morgan fingerprint density at radius 1 is 0.265 bits per heavy atom. The van der Waals surface area contributed by atoms with Gasteiger partial charge in [-0.1, -0.05) is 121 Å². The van der Waals surface area contributed by atoms with Crippen LogP contribution in [0.3, 0.4) is 0 Å². The summed E-state index contributed by atoms with van der Waals surface area (Å²) in [4.78, 5) is 15.9. The number of halogens is 12. The molecule has 0 fully saturated rings. The van der Waals surface area contributed by atoms with Crippen LogP contribution in [0.1, 0.15) is 45.0 Å². The van der Waals surface area contributed by atoms with Crippen molar-refractivity contribution in [1.82, 2.24) is 19.9 Å². The predicted molar refractivity (Wildman–Crippen MR) is 302 cm³/mol. The van der Waals surface area contributed by atoms with Crippen molar-refractivity contribution in [2.75, 3.05) is 28.7 Å². The van der Waals surface area contributed by atoms with Gasteiger partial charge in [-0.25, -0.2) is 0 Å². The first-order valence-electron chi connectivity index (χ1n) is 20.5. The number of rotatable bonds is 8. The predicted octanol–water partition coefficient (Wildman–Crippen LogP) is 15.5. The van der Waals surface area contributed by atoms with Gasteiger partial charge in [0.15, 0.2) is 0 Å². The maximum Gasteiger partial charge on any atom is 0.0785 e. The van der Waals surface area contributed by atoms with Crippen LogP contribution in [0.2, 0.25) is 0 Å². The van der Waals surface area contributed by atoms with Crippen LogP contribution in [-0.4, -0.2) is 48.6 Å². The lowest BCUT2D eigenvalue weighted by molar-refractivity contribution is 0.635. The van der Waals surface area contributed by atoms with Crippen molar-refractivity contribution in [2.24, 2.45) is 0 Å². The van der Waals surface area contributed by atoms with Crippen molar-refractivity contribution >= 4 is 150 Å². The number of benzene rings is 4. The third-order valence-corrected chi connectivity index (χ3v) is 19.3. The van der Waals surface area contributed by atoms with Crippen molar-refractivity contribution in [1.29, 1.82) is 0 Å². The number of H-pyrrole nitrogens is 4. The fourth-order valence-electron chi connectivity index (χ4n) is 7.89. The molecule has 0 saturated carbocycles. The van der Waals surface area contributed by atoms with E-state index in [1.165, 1.54) is 22.3 Å². The van der Waals surface area contributed by atoms with Gasteiger partial charge in [0.05, 0.1) is 109 Å². The second-order valence-electron chi connectivity index (χ2n) is 14.6. The molecular weight excluding hydrogens is 1400 g/mol. The van der Waals surface area contributed by atoms with Crippen LogP contribution in [0.5, 0.6) is 0 Å². The van der Waals surface area contributed by atoms with E-state index in [9.17, 15) is 17.6 Å². The molecule has 0 aliphatic carbocycles. The largest absolute Gasteiger partial charge is 0.353 e. The van der Waals surface area contributed by atoms with E-state index in [-0.39, 0.29) is 0 Å². The molecule has 4 aromatic heterocycles. The second-order valence-corrected chi connectivity index (χ2v) is 20.9. The van der Waals surface area contributed by atoms with Crippen molar-refractivity contribution in [2.45, 2.75) is 25.7 Å². The van der Waals surface area contributed by atoms with E-state index in [2.05, 4.69) is 269 Å². The number of aromatic amines is 4. The SMILES string of the molecule is Brc1c2[nH]c(c1Br)C(Cc1ccccc1)=c1[nH]c(c(Br)c1Br)=C(Cc1ccccc1)c1[nH]c(c(Br)c1Br)C(Cc1ccccc1)=c1[nH]c(c(Br)c1Br)=C2Cc1ccccc1.CF.CF.CF.CF. The summed E-state index contributed by atoms with van der Waals surface area (Å²) in [6.07, 6.45) is 2.61. The fourth-order valence-corrected chi connectivity index (χ4v) is 12.2. The molecule has 356 valence electrons. The lowest BCUT2D eigenvalue weighted by Crippen LogP contribution is -2.20. The van der Waals surface area contributed by atoms with Crippen molar-refractivity contribution < 1.29 is 17.6 Å². The van der Waals surface area contributed by atoms with Gasteiger partial charge in [-0.2, -0.15) is 0 Å². The topological polar surface area (TPSA) is 63.2 Å². The zero-order chi connectivity index (χ0) is 49.7. The van der Waals surface area contributed by atoms with Gasteiger partial charge in [0.1, 0.15) is 0 Å². The fraction of sp³-hybridized carbons (Fsp3) is 0.154. The Morgan fingerprint density at radius 2 is 0.441 bits per heavy atom. The Kier molecular flexibility index (Phi) is 22.2. The minimum Gasteiger partial charge on any atom is -0.353 e. The third kappa shape index (κ3) is 12.2. The van der Waals surface area contributed by atoms with Crippen LogP contribution in [0, 0.1) is 0 Å². The first kappa shape index (κ1) is 56.0. The molecule has 8 aromatic rings. The van der Waals surface area contributed by atoms with Gasteiger partial charge >= 0.3 is 0 Å². The highest BCUT2D eigenvalue weighted by atomic mass is 79.9. The van der Waals surface area contributed by atoms with Crippen LogP contribution < -0.4 is 21.4 Å².